The largest absolute Gasteiger partial charge is 0.372 e. The van der Waals surface area contributed by atoms with Crippen molar-refractivity contribution in [3.8, 4) is 11.4 Å². The minimum atomic E-state index is -0.314. The number of hydrogen-bond donors (Lipinski definition) is 2. The quantitative estimate of drug-likeness (QED) is 0.343. The molecule has 1 aromatic heterocycles. The van der Waals surface area contributed by atoms with E-state index in [0.29, 0.717) is 17.5 Å². The van der Waals surface area contributed by atoms with Crippen molar-refractivity contribution in [1.82, 2.24) is 9.55 Å². The van der Waals surface area contributed by atoms with Crippen LogP contribution in [-0.2, 0) is 11.2 Å². The number of nitrogens with one attached hydrogen (secondary N) is 2. The van der Waals surface area contributed by atoms with E-state index < -0.39 is 0 Å². The molecule has 0 spiro atoms. The second-order valence-electron chi connectivity index (χ2n) is 9.37. The number of rotatable bonds is 4. The first-order valence-electron chi connectivity index (χ1n) is 12.1. The summed E-state index contributed by atoms with van der Waals surface area (Å²) in [6.07, 6.45) is 6.70. The number of fused-ring (bicyclic) bond motifs is 2. The van der Waals surface area contributed by atoms with E-state index in [1.165, 1.54) is 19.3 Å². The predicted octanol–water partition coefficient (Wildman–Crippen LogP) is 6.84. The van der Waals surface area contributed by atoms with Crippen LogP contribution >= 0.6 is 11.6 Å². The Morgan fingerprint density at radius 2 is 1.76 bits per heavy atom. The van der Waals surface area contributed by atoms with Crippen LogP contribution in [0.5, 0.6) is 0 Å². The fraction of sp³-hybridized carbons (Fsp3) is 0.286. The highest BCUT2D eigenvalue weighted by Crippen LogP contribution is 2.40. The van der Waals surface area contributed by atoms with Gasteiger partial charge in [0.25, 0.3) is 0 Å². The fourth-order valence-corrected chi connectivity index (χ4v) is 5.56. The molecule has 1 fully saturated rings. The maximum Gasteiger partial charge on any atom is 0.247 e. The number of amides is 1. The molecule has 6 rings (SSSR count). The average Bonchev–Trinajstić information content (AvgIpc) is 3.23. The Hall–Kier alpha value is -3.31. The van der Waals surface area contributed by atoms with Gasteiger partial charge in [0, 0.05) is 23.0 Å². The smallest absolute Gasteiger partial charge is 0.247 e. The van der Waals surface area contributed by atoms with Crippen LogP contribution in [0.2, 0.25) is 5.02 Å². The van der Waals surface area contributed by atoms with Crippen LogP contribution in [-0.4, -0.2) is 21.5 Å². The van der Waals surface area contributed by atoms with Gasteiger partial charge in [0.2, 0.25) is 5.91 Å². The standard InChI is InChI=1S/C28H27ClN4O/c29-20-11-7-10-19(15-20)27-31-24-16-22-23(17-26(24)33(27)21-12-5-2-6-13-21)30-25(28(34)32-22)14-18-8-3-1-4-9-18/h1,3-4,7-11,15-17,21,25,30H,2,5-6,12-14H2,(H,32,34). The van der Waals surface area contributed by atoms with Crippen LogP contribution in [0.1, 0.15) is 43.7 Å². The van der Waals surface area contributed by atoms with Crippen molar-refractivity contribution >= 4 is 39.9 Å². The maximum atomic E-state index is 12.9. The van der Waals surface area contributed by atoms with Crippen molar-refractivity contribution in [3.63, 3.8) is 0 Å². The third-order valence-corrected chi connectivity index (χ3v) is 7.27. The number of carbonyl (C=O) groups is 1. The number of benzene rings is 3. The zero-order valence-electron chi connectivity index (χ0n) is 18.9. The molecule has 6 heteroatoms. The lowest BCUT2D eigenvalue weighted by Gasteiger charge is -2.28. The molecule has 1 aliphatic heterocycles. The number of anilines is 2. The molecule has 5 nitrogen and oxygen atoms in total. The van der Waals surface area contributed by atoms with Gasteiger partial charge in [0.1, 0.15) is 11.9 Å². The molecule has 0 radical (unpaired) electrons. The first-order valence-corrected chi connectivity index (χ1v) is 12.5. The molecule has 0 saturated heterocycles. The highest BCUT2D eigenvalue weighted by molar-refractivity contribution is 6.30. The molecule has 2 heterocycles. The Balaban J connectivity index is 1.44. The molecule has 1 atom stereocenters. The molecule has 2 aliphatic rings. The Morgan fingerprint density at radius 3 is 2.56 bits per heavy atom. The van der Waals surface area contributed by atoms with Gasteiger partial charge in [-0.05, 0) is 42.7 Å². The highest BCUT2D eigenvalue weighted by Gasteiger charge is 2.28. The molecule has 34 heavy (non-hydrogen) atoms. The first kappa shape index (κ1) is 21.2. The van der Waals surface area contributed by atoms with Crippen molar-refractivity contribution in [3.05, 3.63) is 77.3 Å². The van der Waals surface area contributed by atoms with Crippen molar-refractivity contribution in [2.75, 3.05) is 10.6 Å². The Bertz CT molecular complexity index is 1360. The van der Waals surface area contributed by atoms with Crippen molar-refractivity contribution in [2.24, 2.45) is 0 Å². The molecule has 3 aromatic carbocycles. The van der Waals surface area contributed by atoms with E-state index in [2.05, 4.69) is 39.5 Å². The molecule has 1 saturated carbocycles. The Kier molecular flexibility index (Phi) is 5.50. The zero-order chi connectivity index (χ0) is 23.1. The van der Waals surface area contributed by atoms with Crippen LogP contribution in [0.25, 0.3) is 22.4 Å². The van der Waals surface area contributed by atoms with E-state index in [-0.39, 0.29) is 11.9 Å². The van der Waals surface area contributed by atoms with Crippen LogP contribution in [0.15, 0.2) is 66.7 Å². The second kappa shape index (κ2) is 8.80. The van der Waals surface area contributed by atoms with Crippen molar-refractivity contribution in [2.45, 2.75) is 50.6 Å². The third-order valence-electron chi connectivity index (χ3n) is 7.04. The van der Waals surface area contributed by atoms with E-state index in [0.717, 1.165) is 52.2 Å². The Morgan fingerprint density at radius 1 is 0.941 bits per heavy atom. The summed E-state index contributed by atoms with van der Waals surface area (Å²) < 4.78 is 2.41. The minimum absolute atomic E-state index is 0.0162. The number of nitrogens with zero attached hydrogens (tertiary/aromatic N) is 2. The summed E-state index contributed by atoms with van der Waals surface area (Å²) in [7, 11) is 0. The van der Waals surface area contributed by atoms with E-state index in [1.54, 1.807) is 0 Å². The summed E-state index contributed by atoms with van der Waals surface area (Å²) >= 11 is 6.34. The van der Waals surface area contributed by atoms with Gasteiger partial charge < -0.3 is 15.2 Å². The first-order chi connectivity index (χ1) is 16.7. The number of aromatic nitrogens is 2. The van der Waals surface area contributed by atoms with Crippen molar-refractivity contribution in [1.29, 1.82) is 0 Å². The third kappa shape index (κ3) is 3.94. The fourth-order valence-electron chi connectivity index (χ4n) is 5.37. The van der Waals surface area contributed by atoms with Gasteiger partial charge >= 0.3 is 0 Å². The molecule has 2 N–H and O–H groups in total. The minimum Gasteiger partial charge on any atom is -0.372 e. The van der Waals surface area contributed by atoms with E-state index >= 15 is 0 Å². The summed E-state index contributed by atoms with van der Waals surface area (Å²) in [5, 5.41) is 7.31. The van der Waals surface area contributed by atoms with Gasteiger partial charge in [-0.3, -0.25) is 4.79 Å². The van der Waals surface area contributed by atoms with Gasteiger partial charge in [-0.2, -0.15) is 0 Å². The summed E-state index contributed by atoms with van der Waals surface area (Å²) in [4.78, 5) is 17.9. The second-order valence-corrected chi connectivity index (χ2v) is 9.81. The van der Waals surface area contributed by atoms with Crippen molar-refractivity contribution < 1.29 is 4.79 Å². The number of halogens is 1. The summed E-state index contributed by atoms with van der Waals surface area (Å²) in [5.74, 6) is 0.927. The molecule has 1 amide bonds. The van der Waals surface area contributed by atoms with Crippen LogP contribution in [0.4, 0.5) is 11.4 Å². The van der Waals surface area contributed by atoms with Gasteiger partial charge in [0.15, 0.2) is 0 Å². The van der Waals surface area contributed by atoms with Crippen LogP contribution in [0.3, 0.4) is 0 Å². The Labute approximate surface area is 204 Å². The molecule has 1 aliphatic carbocycles. The van der Waals surface area contributed by atoms with Gasteiger partial charge in [0.05, 0.1) is 22.4 Å². The molecular formula is C28H27ClN4O. The molecule has 0 bridgehead atoms. The van der Waals surface area contributed by atoms with Crippen LogP contribution in [0, 0.1) is 0 Å². The van der Waals surface area contributed by atoms with E-state index in [4.69, 9.17) is 16.6 Å². The van der Waals surface area contributed by atoms with Gasteiger partial charge in [-0.25, -0.2) is 4.98 Å². The highest BCUT2D eigenvalue weighted by atomic mass is 35.5. The molecule has 4 aromatic rings. The lowest BCUT2D eigenvalue weighted by atomic mass is 9.94. The SMILES string of the molecule is O=C1Nc2cc3nc(-c4cccc(Cl)c4)n(C4CCCCC4)c3cc2NC1Cc1ccccc1. The van der Waals surface area contributed by atoms with Crippen LogP contribution < -0.4 is 10.6 Å². The summed E-state index contributed by atoms with van der Waals surface area (Å²) in [5.41, 5.74) is 5.88. The van der Waals surface area contributed by atoms with Gasteiger partial charge in [-0.15, -0.1) is 0 Å². The van der Waals surface area contributed by atoms with E-state index in [9.17, 15) is 4.79 Å². The summed E-state index contributed by atoms with van der Waals surface area (Å²) in [6, 6.07) is 22.3. The number of carbonyl (C=O) groups excluding carboxylic acids is 1. The number of imidazole rings is 1. The van der Waals surface area contributed by atoms with Gasteiger partial charge in [-0.1, -0.05) is 73.3 Å². The zero-order valence-corrected chi connectivity index (χ0v) is 19.7. The maximum absolute atomic E-state index is 12.9. The molecular weight excluding hydrogens is 444 g/mol. The normalized spacial score (nSPS) is 18.4. The molecule has 1 unspecified atom stereocenters. The monoisotopic (exact) mass is 470 g/mol. The molecule has 172 valence electrons. The van der Waals surface area contributed by atoms with E-state index in [1.807, 2.05) is 42.5 Å². The predicted molar refractivity (Wildman–Crippen MR) is 138 cm³/mol. The topological polar surface area (TPSA) is 59.0 Å². The average molecular weight is 471 g/mol. The number of hydrogen-bond acceptors (Lipinski definition) is 3. The lowest BCUT2D eigenvalue weighted by Crippen LogP contribution is -2.40. The summed E-state index contributed by atoms with van der Waals surface area (Å²) in [6.45, 7) is 0. The lowest BCUT2D eigenvalue weighted by molar-refractivity contribution is -0.117.